The molecule has 1 aliphatic rings. The van der Waals surface area contributed by atoms with Crippen LogP contribution in [0.5, 0.6) is 11.5 Å². The molecule has 8 heteroatoms. The van der Waals surface area contributed by atoms with Gasteiger partial charge in [-0.25, -0.2) is 4.79 Å². The Morgan fingerprint density at radius 3 is 2.67 bits per heavy atom. The highest BCUT2D eigenvalue weighted by Crippen LogP contribution is 2.39. The number of fused-ring (bicyclic) bond motifs is 1. The summed E-state index contributed by atoms with van der Waals surface area (Å²) in [5.74, 6) is 0.0794. The van der Waals surface area contributed by atoms with Crippen LogP contribution < -0.4 is 19.7 Å². The van der Waals surface area contributed by atoms with Crippen molar-refractivity contribution in [3.63, 3.8) is 0 Å². The molecule has 0 aliphatic carbocycles. The number of benzene rings is 1. The summed E-state index contributed by atoms with van der Waals surface area (Å²) in [6, 6.07) is 4.79. The molecule has 0 saturated carbocycles. The van der Waals surface area contributed by atoms with Gasteiger partial charge in [0, 0.05) is 26.1 Å². The maximum atomic E-state index is 12.6. The van der Waals surface area contributed by atoms with E-state index in [4.69, 9.17) is 9.47 Å². The monoisotopic (exact) mass is 336 g/mol. The van der Waals surface area contributed by atoms with E-state index in [1.54, 1.807) is 32.0 Å². The molecular formula is C16H20N2O6. The third-order valence-electron chi connectivity index (χ3n) is 3.40. The number of nitrogens with one attached hydrogen (secondary N) is 1. The number of hydrogen-bond donors (Lipinski definition) is 1. The van der Waals surface area contributed by atoms with Gasteiger partial charge in [-0.15, -0.1) is 0 Å². The van der Waals surface area contributed by atoms with Crippen molar-refractivity contribution in [2.45, 2.75) is 26.4 Å². The van der Waals surface area contributed by atoms with Crippen molar-refractivity contribution in [2.24, 2.45) is 0 Å². The molecule has 130 valence electrons. The number of carbonyl (C=O) groups is 3. The van der Waals surface area contributed by atoms with Crippen LogP contribution in [0.15, 0.2) is 18.2 Å². The highest BCUT2D eigenvalue weighted by atomic mass is 16.5. The van der Waals surface area contributed by atoms with Gasteiger partial charge in [-0.1, -0.05) is 0 Å². The number of nitrogens with zero attached hydrogens (tertiary/aromatic N) is 1. The van der Waals surface area contributed by atoms with Crippen LogP contribution in [0.4, 0.5) is 10.5 Å². The minimum absolute atomic E-state index is 0.200. The van der Waals surface area contributed by atoms with Gasteiger partial charge in [-0.3, -0.25) is 9.59 Å². The summed E-state index contributed by atoms with van der Waals surface area (Å²) < 4.78 is 15.3. The van der Waals surface area contributed by atoms with Crippen molar-refractivity contribution in [3.05, 3.63) is 18.2 Å². The van der Waals surface area contributed by atoms with E-state index in [1.165, 1.54) is 18.9 Å². The lowest BCUT2D eigenvalue weighted by Gasteiger charge is -2.38. The smallest absolute Gasteiger partial charge is 0.406 e. The lowest BCUT2D eigenvalue weighted by Crippen LogP contribution is -2.54. The Kier molecular flexibility index (Phi) is 4.96. The number of methoxy groups -OCH3 is 1. The zero-order valence-electron chi connectivity index (χ0n) is 14.0. The zero-order valence-corrected chi connectivity index (χ0v) is 14.0. The fraction of sp³-hybridized carbons (Fsp3) is 0.438. The highest BCUT2D eigenvalue weighted by Gasteiger charge is 2.40. The van der Waals surface area contributed by atoms with Gasteiger partial charge in [0.2, 0.25) is 0 Å². The Morgan fingerprint density at radius 1 is 1.33 bits per heavy atom. The average molecular weight is 336 g/mol. The van der Waals surface area contributed by atoms with Gasteiger partial charge in [0.15, 0.2) is 5.60 Å². The van der Waals surface area contributed by atoms with Crippen LogP contribution in [0.25, 0.3) is 0 Å². The number of esters is 1. The van der Waals surface area contributed by atoms with Crippen LogP contribution in [-0.2, 0) is 14.3 Å². The van der Waals surface area contributed by atoms with E-state index >= 15 is 0 Å². The second kappa shape index (κ2) is 6.77. The normalized spacial score (nSPS) is 15.2. The second-order valence-corrected chi connectivity index (χ2v) is 5.71. The van der Waals surface area contributed by atoms with Crippen LogP contribution >= 0.6 is 0 Å². The Hall–Kier alpha value is -2.77. The molecule has 24 heavy (non-hydrogen) atoms. The van der Waals surface area contributed by atoms with Crippen molar-refractivity contribution in [3.8, 4) is 11.5 Å². The van der Waals surface area contributed by atoms with Crippen molar-refractivity contribution in [1.82, 2.24) is 5.32 Å². The summed E-state index contributed by atoms with van der Waals surface area (Å²) in [6.07, 6.45) is -0.580. The molecule has 0 radical (unpaired) electrons. The van der Waals surface area contributed by atoms with Crippen LogP contribution in [-0.4, -0.2) is 43.8 Å². The molecule has 2 rings (SSSR count). The highest BCUT2D eigenvalue weighted by molar-refractivity contribution is 6.02. The van der Waals surface area contributed by atoms with Crippen LogP contribution in [0, 0.1) is 0 Å². The van der Waals surface area contributed by atoms with Gasteiger partial charge in [0.05, 0.1) is 12.8 Å². The van der Waals surface area contributed by atoms with Crippen LogP contribution in [0.2, 0.25) is 0 Å². The zero-order chi connectivity index (χ0) is 17.9. The van der Waals surface area contributed by atoms with Crippen LogP contribution in [0.1, 0.15) is 20.8 Å². The summed E-state index contributed by atoms with van der Waals surface area (Å²) >= 11 is 0. The predicted molar refractivity (Wildman–Crippen MR) is 85.2 cm³/mol. The maximum Gasteiger partial charge on any atom is 0.406 e. The summed E-state index contributed by atoms with van der Waals surface area (Å²) in [7, 11) is 1.26. The molecule has 0 atom stereocenters. The minimum atomic E-state index is -1.04. The topological polar surface area (TPSA) is 94.2 Å². The van der Waals surface area contributed by atoms with E-state index in [0.29, 0.717) is 17.2 Å². The van der Waals surface area contributed by atoms with E-state index in [2.05, 4.69) is 10.1 Å². The number of carbonyl (C=O) groups excluding carboxylic acids is 3. The molecule has 1 N–H and O–H groups in total. The number of anilines is 1. The van der Waals surface area contributed by atoms with E-state index < -0.39 is 17.7 Å². The molecule has 0 bridgehead atoms. The fourth-order valence-electron chi connectivity index (χ4n) is 2.34. The second-order valence-electron chi connectivity index (χ2n) is 5.71. The number of ether oxygens (including phenoxy) is 3. The quantitative estimate of drug-likeness (QED) is 0.661. The summed E-state index contributed by atoms with van der Waals surface area (Å²) in [6.45, 7) is 5.04. The molecule has 1 heterocycles. The molecule has 0 spiro atoms. The van der Waals surface area contributed by atoms with E-state index in [1.807, 2.05) is 0 Å². The van der Waals surface area contributed by atoms with Gasteiger partial charge >= 0.3 is 12.1 Å². The largest absolute Gasteiger partial charge is 0.476 e. The molecule has 0 saturated heterocycles. The Labute approximate surface area is 139 Å². The first-order chi connectivity index (χ1) is 11.2. The van der Waals surface area contributed by atoms with Gasteiger partial charge in [-0.05, 0) is 26.0 Å². The van der Waals surface area contributed by atoms with Crippen molar-refractivity contribution in [2.75, 3.05) is 25.1 Å². The Bertz CT molecular complexity index is 671. The minimum Gasteiger partial charge on any atom is -0.476 e. The van der Waals surface area contributed by atoms with Crippen LogP contribution in [0.3, 0.4) is 0 Å². The van der Waals surface area contributed by atoms with E-state index in [0.717, 1.165) is 0 Å². The molecular weight excluding hydrogens is 316 g/mol. The Balaban J connectivity index is 2.28. The summed E-state index contributed by atoms with van der Waals surface area (Å²) in [5.41, 5.74) is -0.564. The molecule has 0 unspecified atom stereocenters. The first kappa shape index (κ1) is 17.6. The summed E-state index contributed by atoms with van der Waals surface area (Å²) in [4.78, 5) is 36.4. The van der Waals surface area contributed by atoms with Gasteiger partial charge in [0.1, 0.15) is 11.5 Å². The first-order valence-electron chi connectivity index (χ1n) is 7.40. The van der Waals surface area contributed by atoms with Crippen molar-refractivity contribution in [1.29, 1.82) is 0 Å². The molecule has 0 aromatic heterocycles. The molecule has 2 amide bonds. The Morgan fingerprint density at radius 2 is 2.04 bits per heavy atom. The molecule has 0 fully saturated rings. The summed E-state index contributed by atoms with van der Waals surface area (Å²) in [5, 5.41) is 2.52. The third kappa shape index (κ3) is 3.76. The van der Waals surface area contributed by atoms with E-state index in [-0.39, 0.29) is 19.0 Å². The van der Waals surface area contributed by atoms with Crippen molar-refractivity contribution < 1.29 is 28.6 Å². The number of hydrogen-bond acceptors (Lipinski definition) is 6. The SMILES string of the molecule is COC(=O)NCCN1C(=O)C(C)(C)Oc2ccc(OC(C)=O)cc21. The fourth-order valence-corrected chi connectivity index (χ4v) is 2.34. The standard InChI is InChI=1S/C16H20N2O6/c1-10(19)23-11-5-6-13-12(9-11)18(8-7-17-15(21)22-4)14(20)16(2,3)24-13/h5-6,9H,7-8H2,1-4H3,(H,17,21). The van der Waals surface area contributed by atoms with E-state index in [9.17, 15) is 14.4 Å². The average Bonchev–Trinajstić information content (AvgIpc) is 2.50. The number of amides is 2. The molecule has 1 aliphatic heterocycles. The maximum absolute atomic E-state index is 12.6. The third-order valence-corrected chi connectivity index (χ3v) is 3.40. The molecule has 8 nitrogen and oxygen atoms in total. The lowest BCUT2D eigenvalue weighted by atomic mass is 10.0. The first-order valence-corrected chi connectivity index (χ1v) is 7.40. The van der Waals surface area contributed by atoms with Gasteiger partial charge < -0.3 is 24.4 Å². The lowest BCUT2D eigenvalue weighted by molar-refractivity contribution is -0.132. The number of alkyl carbamates (subject to hydrolysis) is 1. The van der Waals surface area contributed by atoms with Gasteiger partial charge in [-0.2, -0.15) is 0 Å². The molecule has 1 aromatic carbocycles. The number of rotatable bonds is 4. The predicted octanol–water partition coefficient (Wildman–Crippen LogP) is 1.47. The molecule has 1 aromatic rings. The van der Waals surface area contributed by atoms with Crippen molar-refractivity contribution >= 4 is 23.7 Å². The van der Waals surface area contributed by atoms with Gasteiger partial charge in [0.25, 0.3) is 5.91 Å².